The minimum absolute atomic E-state index is 0.111. The average molecular weight is 968 g/mol. The van der Waals surface area contributed by atoms with E-state index in [9.17, 15) is 28.0 Å². The first-order valence-corrected chi connectivity index (χ1v) is 22.4. The Morgan fingerprint density at radius 1 is 0.479 bits per heavy atom. The van der Waals surface area contributed by atoms with Crippen molar-refractivity contribution in [2.24, 2.45) is 0 Å². The van der Waals surface area contributed by atoms with Crippen molar-refractivity contribution < 1.29 is 53.1 Å². The number of hydrogen-bond acceptors (Lipinski definition) is 12. The van der Waals surface area contributed by atoms with Crippen LogP contribution in [0.2, 0.25) is 0 Å². The second kappa shape index (κ2) is 20.4. The van der Waals surface area contributed by atoms with Crippen molar-refractivity contribution >= 4 is 23.9 Å². The van der Waals surface area contributed by atoms with Gasteiger partial charge < -0.3 is 25.2 Å². The summed E-state index contributed by atoms with van der Waals surface area (Å²) in [5.41, 5.74) is 4.40. The number of carboxylic acid groups (broad SMARTS) is 4. The predicted octanol–water partition coefficient (Wildman–Crippen LogP) is 6.51. The van der Waals surface area contributed by atoms with Crippen molar-refractivity contribution in [3.05, 3.63) is 195 Å². The zero-order valence-corrected chi connectivity index (χ0v) is 37.4. The molecule has 4 aromatic heterocycles. The molecule has 0 radical (unpaired) electrons. The van der Waals surface area contributed by atoms with Gasteiger partial charge in [-0.05, 0) is 54.2 Å². The Morgan fingerprint density at radius 2 is 0.915 bits per heavy atom. The SMILES string of the molecule is O=C(O)c1cc2n(n1)CCC2c1ccccc1.O=C(O)c1nc2n(n1)CCC2c1ccccc1.O=C(O)c1nc2n(n1)CCC2c1ccccc1F.O=C(O)c1nc2n(n1)CCOC2c1ccccc1F. The first-order valence-electron chi connectivity index (χ1n) is 22.4. The third kappa shape index (κ3) is 10.0. The Balaban J connectivity index is 0.000000117. The van der Waals surface area contributed by atoms with Gasteiger partial charge in [-0.15, -0.1) is 15.3 Å². The minimum atomic E-state index is -1.21. The van der Waals surface area contributed by atoms with E-state index in [1.165, 1.54) is 22.4 Å². The van der Waals surface area contributed by atoms with Gasteiger partial charge >= 0.3 is 23.9 Å². The van der Waals surface area contributed by atoms with Gasteiger partial charge in [0.2, 0.25) is 0 Å². The van der Waals surface area contributed by atoms with Crippen LogP contribution in [0.3, 0.4) is 0 Å². The summed E-state index contributed by atoms with van der Waals surface area (Å²) in [4.78, 5) is 55.4. The van der Waals surface area contributed by atoms with E-state index in [0.29, 0.717) is 48.9 Å². The van der Waals surface area contributed by atoms with Gasteiger partial charge in [-0.2, -0.15) is 5.10 Å². The van der Waals surface area contributed by atoms with Gasteiger partial charge in [0.25, 0.3) is 17.5 Å². The molecule has 0 saturated carbocycles. The van der Waals surface area contributed by atoms with Gasteiger partial charge in [-0.3, -0.25) is 4.68 Å². The molecular formula is C49H43F2N11O9. The number of carboxylic acids is 4. The number of benzene rings is 4. The summed E-state index contributed by atoms with van der Waals surface area (Å²) in [6.45, 7) is 2.82. The second-order valence-corrected chi connectivity index (χ2v) is 16.6. The molecule has 4 N–H and O–H groups in total. The van der Waals surface area contributed by atoms with Crippen LogP contribution in [0.1, 0.15) is 131 Å². The van der Waals surface area contributed by atoms with E-state index >= 15 is 0 Å². The van der Waals surface area contributed by atoms with Crippen LogP contribution in [0.15, 0.2) is 115 Å². The lowest BCUT2D eigenvalue weighted by molar-refractivity contribution is 0.0369. The topological polar surface area (TPSA) is 268 Å². The third-order valence-corrected chi connectivity index (χ3v) is 12.3. The van der Waals surface area contributed by atoms with Crippen molar-refractivity contribution in [2.75, 3.05) is 6.61 Å². The lowest BCUT2D eigenvalue weighted by Gasteiger charge is -2.23. The van der Waals surface area contributed by atoms with Crippen LogP contribution in [0.5, 0.6) is 0 Å². The zero-order valence-electron chi connectivity index (χ0n) is 37.4. The molecule has 0 aliphatic carbocycles. The molecule has 362 valence electrons. The summed E-state index contributed by atoms with van der Waals surface area (Å²) in [7, 11) is 0. The quantitative estimate of drug-likeness (QED) is 0.126. The molecule has 0 bridgehead atoms. The number of hydrogen-bond donors (Lipinski definition) is 4. The van der Waals surface area contributed by atoms with Crippen molar-refractivity contribution in [2.45, 2.75) is 69.3 Å². The number of halogens is 2. The fourth-order valence-corrected chi connectivity index (χ4v) is 9.02. The van der Waals surface area contributed by atoms with E-state index in [4.69, 9.17) is 25.2 Å². The highest BCUT2D eigenvalue weighted by molar-refractivity contribution is 5.85. The zero-order chi connectivity index (χ0) is 49.8. The van der Waals surface area contributed by atoms with E-state index in [1.807, 2.05) is 48.5 Å². The summed E-state index contributed by atoms with van der Waals surface area (Å²) in [5.74, 6) is -3.94. The molecule has 8 heterocycles. The van der Waals surface area contributed by atoms with Crippen molar-refractivity contribution in [3.8, 4) is 0 Å². The molecule has 0 fully saturated rings. The first kappa shape index (κ1) is 47.3. The highest BCUT2D eigenvalue weighted by Gasteiger charge is 2.33. The summed E-state index contributed by atoms with van der Waals surface area (Å²) < 4.78 is 39.5. The summed E-state index contributed by atoms with van der Waals surface area (Å²) in [6, 6.07) is 34.5. The number of aryl methyl sites for hydroxylation is 3. The molecule has 0 saturated heterocycles. The molecular weight excluding hydrogens is 925 g/mol. The fraction of sp³-hybridized carbons (Fsp3) is 0.245. The molecule has 4 aromatic carbocycles. The van der Waals surface area contributed by atoms with Crippen LogP contribution in [0.25, 0.3) is 0 Å². The van der Waals surface area contributed by atoms with Crippen molar-refractivity contribution in [1.29, 1.82) is 0 Å². The number of nitrogens with zero attached hydrogens (tertiary/aromatic N) is 11. The van der Waals surface area contributed by atoms with Crippen LogP contribution >= 0.6 is 0 Å². The molecule has 0 spiro atoms. The highest BCUT2D eigenvalue weighted by atomic mass is 19.1. The number of aromatic carboxylic acids is 4. The van der Waals surface area contributed by atoms with Crippen LogP contribution < -0.4 is 0 Å². The standard InChI is InChI=1S/C13H12N2O2.C12H10FN3O3.C12H10FN3O2.C12H11N3O2/c16-13(17)11-8-12-10(6-7-15(12)14-11)9-4-2-1-3-5-9;13-8-4-2-1-3-7(8)9-11-14-10(12(17)18)15-16(11)5-6-19-9;13-9-4-2-1-3-7(9)8-5-6-16-11(8)14-10(15-16)12(17)18;16-12(17)10-13-11-9(6-7-15(11)14-10)8-4-2-1-3-5-8/h1-5,8,10H,6-7H2,(H,16,17);1-4,9H,5-6H2,(H,17,18);1-4,8H,5-6H2,(H,17,18);1-5,9H,6-7H2,(H,16,17). The molecule has 4 unspecified atom stereocenters. The van der Waals surface area contributed by atoms with E-state index in [0.717, 1.165) is 43.0 Å². The minimum Gasteiger partial charge on any atom is -0.476 e. The number of fused-ring (bicyclic) bond motifs is 4. The molecule has 20 nitrogen and oxygen atoms in total. The van der Waals surface area contributed by atoms with Crippen LogP contribution in [0.4, 0.5) is 8.78 Å². The van der Waals surface area contributed by atoms with E-state index in [1.54, 1.807) is 56.5 Å². The molecule has 71 heavy (non-hydrogen) atoms. The summed E-state index contributed by atoms with van der Waals surface area (Å²) >= 11 is 0. The molecule has 8 aromatic rings. The maximum atomic E-state index is 13.8. The summed E-state index contributed by atoms with van der Waals surface area (Å²) in [6.07, 6.45) is 1.89. The Hall–Kier alpha value is -8.79. The van der Waals surface area contributed by atoms with Gasteiger partial charge in [-0.1, -0.05) is 97.1 Å². The fourth-order valence-electron chi connectivity index (χ4n) is 9.02. The predicted molar refractivity (Wildman–Crippen MR) is 243 cm³/mol. The van der Waals surface area contributed by atoms with E-state index < -0.39 is 35.8 Å². The largest absolute Gasteiger partial charge is 0.476 e. The van der Waals surface area contributed by atoms with Gasteiger partial charge in [0.05, 0.1) is 13.2 Å². The molecule has 4 aliphatic heterocycles. The van der Waals surface area contributed by atoms with Crippen LogP contribution in [-0.2, 0) is 30.9 Å². The Labute approximate surface area is 401 Å². The molecule has 4 atom stereocenters. The molecule has 4 aliphatic rings. The van der Waals surface area contributed by atoms with Crippen LogP contribution in [0, 0.1) is 11.6 Å². The van der Waals surface area contributed by atoms with E-state index in [2.05, 4.69) is 47.5 Å². The lowest BCUT2D eigenvalue weighted by Crippen LogP contribution is -2.24. The lowest BCUT2D eigenvalue weighted by atomic mass is 9.95. The maximum Gasteiger partial charge on any atom is 0.375 e. The normalized spacial score (nSPS) is 17.9. The maximum absolute atomic E-state index is 13.8. The number of rotatable bonds is 8. The van der Waals surface area contributed by atoms with Gasteiger partial charge in [0, 0.05) is 48.6 Å². The van der Waals surface area contributed by atoms with Crippen LogP contribution in [-0.4, -0.2) is 105 Å². The monoisotopic (exact) mass is 967 g/mol. The molecule has 0 amide bonds. The van der Waals surface area contributed by atoms with Crippen molar-refractivity contribution in [3.63, 3.8) is 0 Å². The van der Waals surface area contributed by atoms with Crippen molar-refractivity contribution in [1.82, 2.24) is 54.1 Å². The Bertz CT molecular complexity index is 3140. The highest BCUT2D eigenvalue weighted by Crippen LogP contribution is 2.36. The third-order valence-electron chi connectivity index (χ3n) is 12.3. The first-order chi connectivity index (χ1) is 34.3. The number of carbonyl (C=O) groups is 4. The number of ether oxygens (including phenoxy) is 1. The Kier molecular flexibility index (Phi) is 13.6. The molecule has 12 rings (SSSR count). The average Bonchev–Trinajstić information content (AvgIpc) is 4.23. The Morgan fingerprint density at radius 3 is 1.45 bits per heavy atom. The second-order valence-electron chi connectivity index (χ2n) is 16.6. The van der Waals surface area contributed by atoms with Gasteiger partial charge in [0.15, 0.2) is 11.5 Å². The molecule has 22 heteroatoms. The summed E-state index contributed by atoms with van der Waals surface area (Å²) in [5, 5.41) is 51.3. The smallest absolute Gasteiger partial charge is 0.375 e. The van der Waals surface area contributed by atoms with E-state index in [-0.39, 0.29) is 46.7 Å². The van der Waals surface area contributed by atoms with Gasteiger partial charge in [-0.25, -0.2) is 57.0 Å². The van der Waals surface area contributed by atoms with Gasteiger partial charge in [0.1, 0.15) is 29.4 Å². The number of aromatic nitrogens is 11.